The van der Waals surface area contributed by atoms with Crippen molar-refractivity contribution in [2.75, 3.05) is 5.75 Å². The Bertz CT molecular complexity index is 85.1. The molecule has 0 N–H and O–H groups in total. The Morgan fingerprint density at radius 1 is 1.78 bits per heavy atom. The molecular formula is C6H12SSeTe. The fraction of sp³-hybridized carbons (Fsp3) is 1.00. The molecule has 3 heteroatoms. The van der Waals surface area contributed by atoms with E-state index in [0.29, 0.717) is 0 Å². The summed E-state index contributed by atoms with van der Waals surface area (Å²) in [7, 11) is 0. The molecule has 0 aromatic carbocycles. The van der Waals surface area contributed by atoms with Gasteiger partial charge in [0.15, 0.2) is 0 Å². The third kappa shape index (κ3) is 4.17. The van der Waals surface area contributed by atoms with Gasteiger partial charge in [0.05, 0.1) is 0 Å². The summed E-state index contributed by atoms with van der Waals surface area (Å²) in [4.78, 5) is 0. The van der Waals surface area contributed by atoms with E-state index in [2.05, 4.69) is 27.8 Å². The van der Waals surface area contributed by atoms with Crippen molar-refractivity contribution in [1.82, 2.24) is 0 Å². The van der Waals surface area contributed by atoms with Gasteiger partial charge in [-0.1, -0.05) is 0 Å². The van der Waals surface area contributed by atoms with E-state index in [-0.39, 0.29) is 0 Å². The molecule has 2 unspecified atom stereocenters. The molecule has 1 aliphatic rings. The van der Waals surface area contributed by atoms with E-state index in [1.807, 2.05) is 22.3 Å². The third-order valence-electron chi connectivity index (χ3n) is 1.40. The van der Waals surface area contributed by atoms with Gasteiger partial charge >= 0.3 is 83.2 Å². The maximum absolute atomic E-state index is 2.68. The van der Waals surface area contributed by atoms with Crippen LogP contribution in [-0.2, 0) is 0 Å². The van der Waals surface area contributed by atoms with E-state index in [1.165, 1.54) is 23.9 Å². The van der Waals surface area contributed by atoms with Crippen LogP contribution in [0.2, 0.25) is 9.29 Å². The van der Waals surface area contributed by atoms with Crippen molar-refractivity contribution < 1.29 is 0 Å². The fourth-order valence-electron chi connectivity index (χ4n) is 0.774. The molecule has 0 spiro atoms. The standard InChI is InChI=1S/C6H12SSeTe/c8-2-1-6(9)3-5-4-7-5/h5-6,8-9H,1-4H2. The van der Waals surface area contributed by atoms with E-state index >= 15 is 0 Å². The second kappa shape index (κ2) is 4.52. The van der Waals surface area contributed by atoms with Gasteiger partial charge in [0.2, 0.25) is 0 Å². The molecule has 0 radical (unpaired) electrons. The van der Waals surface area contributed by atoms with Crippen LogP contribution in [0.4, 0.5) is 0 Å². The molecule has 0 bridgehead atoms. The van der Waals surface area contributed by atoms with Crippen LogP contribution in [0, 0.1) is 0 Å². The molecule has 54 valence electrons. The molecular weight excluding hydrogens is 311 g/mol. The van der Waals surface area contributed by atoms with Gasteiger partial charge in [0, 0.05) is 0 Å². The molecule has 9 heavy (non-hydrogen) atoms. The topological polar surface area (TPSA) is 0 Å². The maximum atomic E-state index is 2.68. The predicted octanol–water partition coefficient (Wildman–Crippen LogP) is 0.890. The average molecular weight is 323 g/mol. The second-order valence-corrected chi connectivity index (χ2v) is 6.71. The average Bonchev–Trinajstić information content (AvgIpc) is 2.50. The van der Waals surface area contributed by atoms with Crippen LogP contribution in [0.1, 0.15) is 12.8 Å². The Kier molecular flexibility index (Phi) is 4.40. The zero-order valence-corrected chi connectivity index (χ0v) is 10.5. The van der Waals surface area contributed by atoms with Crippen LogP contribution in [0.25, 0.3) is 0 Å². The Labute approximate surface area is 82.6 Å². The van der Waals surface area contributed by atoms with Gasteiger partial charge in [-0.05, 0) is 0 Å². The van der Waals surface area contributed by atoms with Crippen molar-refractivity contribution in [1.29, 1.82) is 0 Å². The first-order valence-corrected chi connectivity index (χ1v) is 7.08. The minimum atomic E-state index is 1.02. The van der Waals surface area contributed by atoms with Crippen molar-refractivity contribution in [3.63, 3.8) is 0 Å². The molecule has 0 amide bonds. The number of thioether (sulfide) groups is 1. The summed E-state index contributed by atoms with van der Waals surface area (Å²) in [5.41, 5.74) is 0. The fourth-order valence-corrected chi connectivity index (χ4v) is 4.91. The van der Waals surface area contributed by atoms with Gasteiger partial charge in [0.25, 0.3) is 0 Å². The van der Waals surface area contributed by atoms with Crippen LogP contribution in [0.3, 0.4) is 0 Å². The zero-order valence-electron chi connectivity index (χ0n) is 5.29. The number of rotatable bonds is 4. The van der Waals surface area contributed by atoms with Crippen LogP contribution >= 0.6 is 11.8 Å². The van der Waals surface area contributed by atoms with Crippen molar-refractivity contribution in [2.45, 2.75) is 27.4 Å². The SMILES string of the molecule is [SeH]CCC([TeH])CC1CS1. The molecule has 0 aromatic heterocycles. The predicted molar refractivity (Wildman–Crippen MR) is 48.3 cm³/mol. The molecule has 0 nitrogen and oxygen atoms in total. The Morgan fingerprint density at radius 2 is 2.44 bits per heavy atom. The van der Waals surface area contributed by atoms with Gasteiger partial charge in [-0.15, -0.1) is 0 Å². The first kappa shape index (κ1) is 8.75. The van der Waals surface area contributed by atoms with E-state index in [0.717, 1.165) is 9.22 Å². The van der Waals surface area contributed by atoms with E-state index in [1.54, 1.807) is 0 Å². The molecule has 0 saturated carbocycles. The first-order chi connectivity index (χ1) is 4.33. The number of hydrogen-bond acceptors (Lipinski definition) is 1. The van der Waals surface area contributed by atoms with Crippen LogP contribution in [-0.4, -0.2) is 49.3 Å². The normalized spacial score (nSPS) is 28.0. The van der Waals surface area contributed by atoms with Gasteiger partial charge in [-0.2, -0.15) is 0 Å². The van der Waals surface area contributed by atoms with Crippen molar-refractivity contribution >= 4 is 50.1 Å². The van der Waals surface area contributed by atoms with Gasteiger partial charge in [-0.25, -0.2) is 0 Å². The van der Waals surface area contributed by atoms with Crippen molar-refractivity contribution in [3.05, 3.63) is 0 Å². The van der Waals surface area contributed by atoms with Gasteiger partial charge in [-0.3, -0.25) is 0 Å². The minimum absolute atomic E-state index is 1.02. The van der Waals surface area contributed by atoms with Crippen molar-refractivity contribution in [3.8, 4) is 0 Å². The summed E-state index contributed by atoms with van der Waals surface area (Å²) in [6.07, 6.45) is 2.91. The Hall–Kier alpha value is 1.66. The monoisotopic (exact) mass is 326 g/mol. The molecule has 1 rings (SSSR count). The second-order valence-electron chi connectivity index (χ2n) is 2.36. The van der Waals surface area contributed by atoms with E-state index in [9.17, 15) is 0 Å². The first-order valence-electron chi connectivity index (χ1n) is 3.23. The molecule has 1 heterocycles. The summed E-state index contributed by atoms with van der Waals surface area (Å²) < 4.78 is 1.02. The summed E-state index contributed by atoms with van der Waals surface area (Å²) in [5.74, 6) is 1.44. The molecule has 1 fully saturated rings. The third-order valence-corrected chi connectivity index (χ3v) is 4.28. The zero-order chi connectivity index (χ0) is 6.69. The van der Waals surface area contributed by atoms with Crippen molar-refractivity contribution in [2.24, 2.45) is 0 Å². The van der Waals surface area contributed by atoms with Gasteiger partial charge < -0.3 is 0 Å². The molecule has 1 saturated heterocycles. The Balaban J connectivity index is 1.95. The summed E-state index contributed by atoms with van der Waals surface area (Å²) in [6, 6.07) is 0. The molecule has 0 aromatic rings. The van der Waals surface area contributed by atoms with Crippen LogP contribution in [0.5, 0.6) is 0 Å². The molecule has 1 aliphatic heterocycles. The summed E-state index contributed by atoms with van der Waals surface area (Å²) >= 11 is 6.82. The molecule has 0 aliphatic carbocycles. The summed E-state index contributed by atoms with van der Waals surface area (Å²) in [5, 5.41) is 2.36. The van der Waals surface area contributed by atoms with E-state index < -0.39 is 0 Å². The summed E-state index contributed by atoms with van der Waals surface area (Å²) in [6.45, 7) is 0. The van der Waals surface area contributed by atoms with Crippen LogP contribution in [0.15, 0.2) is 0 Å². The van der Waals surface area contributed by atoms with E-state index in [4.69, 9.17) is 0 Å². The van der Waals surface area contributed by atoms with Gasteiger partial charge in [0.1, 0.15) is 0 Å². The quantitative estimate of drug-likeness (QED) is 0.547. The number of hydrogen-bond donors (Lipinski definition) is 0. The molecule has 2 atom stereocenters. The van der Waals surface area contributed by atoms with Crippen LogP contribution < -0.4 is 0 Å². The Morgan fingerprint density at radius 3 is 2.89 bits per heavy atom.